The van der Waals surface area contributed by atoms with Crippen molar-refractivity contribution in [2.75, 3.05) is 18.9 Å². The molecule has 0 unspecified atom stereocenters. The van der Waals surface area contributed by atoms with Crippen LogP contribution in [0.25, 0.3) is 11.2 Å². The van der Waals surface area contributed by atoms with Gasteiger partial charge in [0.1, 0.15) is 30.1 Å². The van der Waals surface area contributed by atoms with Crippen LogP contribution >= 0.6 is 11.6 Å². The molecule has 0 saturated carbocycles. The minimum Gasteiger partial charge on any atom is -0.479 e. The topological polar surface area (TPSA) is 220 Å². The molecule has 6 N–H and O–H groups in total. The monoisotopic (exact) mass is 557 g/mol. The van der Waals surface area contributed by atoms with Crippen molar-refractivity contribution in [1.82, 2.24) is 19.5 Å². The van der Waals surface area contributed by atoms with Crippen LogP contribution < -0.4 is 5.73 Å². The number of aliphatic hydroxyl groups excluding tert-OH is 1. The summed E-state index contributed by atoms with van der Waals surface area (Å²) in [6.07, 6.45) is -3.76. The standard InChI is InChI=1S/C21H18ClF2N5O9/c22-19-27-14(25)12-15(28-19)29(7-26-12)21(24)6-37-11(13(21)30)5-38-20(17(33)34,18(35)36)4-9-2-1-8(16(31)32)3-10(9)23/h1-3,7,11,13,30H,4-6H2,(H,31,32)(H,33,34)(H,35,36)(H2,25,27,28)/t11-,13-,21+/m1/s1. The van der Waals surface area contributed by atoms with Crippen molar-refractivity contribution in [3.8, 4) is 0 Å². The van der Waals surface area contributed by atoms with Gasteiger partial charge in [-0.2, -0.15) is 9.97 Å². The number of rotatable bonds is 9. The first kappa shape index (κ1) is 27.1. The number of carbonyl (C=O) groups is 3. The first-order valence-corrected chi connectivity index (χ1v) is 11.0. The van der Waals surface area contributed by atoms with Gasteiger partial charge >= 0.3 is 17.9 Å². The van der Waals surface area contributed by atoms with Crippen molar-refractivity contribution in [1.29, 1.82) is 0 Å². The Bertz CT molecular complexity index is 1440. The predicted molar refractivity (Wildman–Crippen MR) is 121 cm³/mol. The summed E-state index contributed by atoms with van der Waals surface area (Å²) in [5.74, 6) is -9.61. The van der Waals surface area contributed by atoms with Crippen LogP contribution in [0.1, 0.15) is 15.9 Å². The van der Waals surface area contributed by atoms with Crippen LogP contribution in [-0.2, 0) is 31.3 Å². The van der Waals surface area contributed by atoms with Crippen molar-refractivity contribution < 1.29 is 53.1 Å². The Morgan fingerprint density at radius 1 is 1.26 bits per heavy atom. The van der Waals surface area contributed by atoms with E-state index in [2.05, 4.69) is 15.0 Å². The van der Waals surface area contributed by atoms with Gasteiger partial charge in [0.2, 0.25) is 11.1 Å². The average Bonchev–Trinajstić information content (AvgIpc) is 3.39. The molecular formula is C21H18ClF2N5O9. The lowest BCUT2D eigenvalue weighted by Crippen LogP contribution is -2.53. The number of anilines is 1. The molecule has 17 heteroatoms. The Hall–Kier alpha value is -3.99. The summed E-state index contributed by atoms with van der Waals surface area (Å²) in [6, 6.07) is 2.44. The number of aliphatic carboxylic acids is 2. The number of nitrogens with zero attached hydrogens (tertiary/aromatic N) is 4. The molecule has 3 heterocycles. The highest BCUT2D eigenvalue weighted by Crippen LogP contribution is 2.37. The second-order valence-electron chi connectivity index (χ2n) is 8.31. The molecule has 0 radical (unpaired) electrons. The van der Waals surface area contributed by atoms with Gasteiger partial charge in [-0.05, 0) is 29.3 Å². The van der Waals surface area contributed by atoms with Crippen molar-refractivity contribution in [3.05, 3.63) is 46.8 Å². The zero-order chi connectivity index (χ0) is 28.0. The highest BCUT2D eigenvalue weighted by molar-refractivity contribution is 6.28. The third kappa shape index (κ3) is 4.47. The lowest BCUT2D eigenvalue weighted by molar-refractivity contribution is -0.189. The van der Waals surface area contributed by atoms with Gasteiger partial charge in [-0.15, -0.1) is 0 Å². The number of carboxylic acid groups (broad SMARTS) is 3. The van der Waals surface area contributed by atoms with E-state index in [1.54, 1.807) is 0 Å². The van der Waals surface area contributed by atoms with Gasteiger partial charge in [0.15, 0.2) is 11.5 Å². The molecule has 1 fully saturated rings. The van der Waals surface area contributed by atoms with Gasteiger partial charge < -0.3 is 35.6 Å². The Morgan fingerprint density at radius 2 is 1.95 bits per heavy atom. The van der Waals surface area contributed by atoms with Gasteiger partial charge in [0.25, 0.3) is 5.60 Å². The SMILES string of the molecule is Nc1nc(Cl)nc2c1ncn2[C@@]1(F)CO[C@H](COC(Cc2ccc(C(=O)O)cc2F)(C(=O)O)C(=O)O)[C@H]1O. The number of hydrogen-bond acceptors (Lipinski definition) is 10. The van der Waals surface area contributed by atoms with Crippen LogP contribution in [0.4, 0.5) is 14.6 Å². The largest absolute Gasteiger partial charge is 0.479 e. The molecule has 4 rings (SSSR count). The molecule has 0 amide bonds. The fourth-order valence-corrected chi connectivity index (χ4v) is 4.11. The van der Waals surface area contributed by atoms with E-state index < -0.39 is 78.1 Å². The lowest BCUT2D eigenvalue weighted by atomic mass is 9.93. The molecule has 38 heavy (non-hydrogen) atoms. The molecular weight excluding hydrogens is 540 g/mol. The highest BCUT2D eigenvalue weighted by atomic mass is 35.5. The fraction of sp³-hybridized carbons (Fsp3) is 0.333. The van der Waals surface area contributed by atoms with E-state index in [1.807, 2.05) is 0 Å². The molecule has 0 aliphatic carbocycles. The normalized spacial score (nSPS) is 21.6. The maximum atomic E-state index is 16.0. The highest BCUT2D eigenvalue weighted by Gasteiger charge is 2.55. The molecule has 14 nitrogen and oxygen atoms in total. The lowest BCUT2D eigenvalue weighted by Gasteiger charge is -2.29. The molecule has 3 atom stereocenters. The van der Waals surface area contributed by atoms with Crippen molar-refractivity contribution in [2.24, 2.45) is 0 Å². The van der Waals surface area contributed by atoms with Crippen LogP contribution in [0.2, 0.25) is 5.28 Å². The number of nitrogen functional groups attached to an aromatic ring is 1. The zero-order valence-corrected chi connectivity index (χ0v) is 19.7. The van der Waals surface area contributed by atoms with E-state index in [-0.39, 0.29) is 22.3 Å². The Balaban J connectivity index is 1.59. The van der Waals surface area contributed by atoms with Crippen molar-refractivity contribution in [3.63, 3.8) is 0 Å². The summed E-state index contributed by atoms with van der Waals surface area (Å²) in [5.41, 5.74) is 1.47. The first-order valence-electron chi connectivity index (χ1n) is 10.6. The number of benzene rings is 1. The predicted octanol–water partition coefficient (Wildman–Crippen LogP) is 0.448. The van der Waals surface area contributed by atoms with Gasteiger partial charge in [0.05, 0.1) is 18.5 Å². The number of halogens is 3. The summed E-state index contributed by atoms with van der Waals surface area (Å²) in [5, 5.41) is 38.8. The van der Waals surface area contributed by atoms with E-state index in [0.29, 0.717) is 6.07 Å². The van der Waals surface area contributed by atoms with Crippen LogP contribution in [0.5, 0.6) is 0 Å². The van der Waals surface area contributed by atoms with Crippen LogP contribution in [-0.4, -0.2) is 88.9 Å². The molecule has 1 aliphatic heterocycles. The number of aliphatic hydroxyl groups is 1. The Morgan fingerprint density at radius 3 is 2.55 bits per heavy atom. The van der Waals surface area contributed by atoms with E-state index in [9.17, 15) is 34.1 Å². The van der Waals surface area contributed by atoms with Crippen molar-refractivity contribution >= 4 is 46.5 Å². The minimum absolute atomic E-state index is 0.0231. The van der Waals surface area contributed by atoms with Crippen LogP contribution in [0, 0.1) is 5.82 Å². The Kier molecular flexibility index (Phi) is 6.92. The number of aromatic carboxylic acids is 1. The van der Waals surface area contributed by atoms with Gasteiger partial charge in [-0.1, -0.05) is 6.07 Å². The number of carboxylic acids is 3. The fourth-order valence-electron chi connectivity index (χ4n) is 3.94. The zero-order valence-electron chi connectivity index (χ0n) is 18.9. The quantitative estimate of drug-likeness (QED) is 0.178. The van der Waals surface area contributed by atoms with E-state index in [4.69, 9.17) is 31.9 Å². The van der Waals surface area contributed by atoms with Gasteiger partial charge in [0, 0.05) is 6.42 Å². The first-order chi connectivity index (χ1) is 17.8. The number of ether oxygens (including phenoxy) is 2. The van der Waals surface area contributed by atoms with Gasteiger partial charge in [-0.25, -0.2) is 28.1 Å². The summed E-state index contributed by atoms with van der Waals surface area (Å²) in [4.78, 5) is 46.5. The minimum atomic E-state index is -3.10. The molecule has 1 saturated heterocycles. The van der Waals surface area contributed by atoms with Crippen LogP contribution in [0.15, 0.2) is 24.5 Å². The van der Waals surface area contributed by atoms with E-state index >= 15 is 4.39 Å². The number of hydrogen-bond donors (Lipinski definition) is 5. The second-order valence-corrected chi connectivity index (χ2v) is 8.65. The molecule has 1 aliphatic rings. The molecule has 3 aromatic rings. The smallest absolute Gasteiger partial charge is 0.348 e. The maximum absolute atomic E-state index is 16.0. The number of imidazole rings is 1. The summed E-state index contributed by atoms with van der Waals surface area (Å²) < 4.78 is 41.6. The van der Waals surface area contributed by atoms with Crippen LogP contribution in [0.3, 0.4) is 0 Å². The summed E-state index contributed by atoms with van der Waals surface area (Å²) >= 11 is 5.78. The molecule has 0 spiro atoms. The third-order valence-corrected chi connectivity index (χ3v) is 6.19. The van der Waals surface area contributed by atoms with E-state index in [1.165, 1.54) is 0 Å². The number of alkyl halides is 1. The number of aromatic nitrogens is 4. The molecule has 202 valence electrons. The molecule has 2 aromatic heterocycles. The maximum Gasteiger partial charge on any atom is 0.348 e. The summed E-state index contributed by atoms with van der Waals surface area (Å²) in [6.45, 7) is -1.77. The number of fused-ring (bicyclic) bond motifs is 1. The molecule has 1 aromatic carbocycles. The number of nitrogens with two attached hydrogens (primary N) is 1. The van der Waals surface area contributed by atoms with Gasteiger partial charge in [-0.3, -0.25) is 4.57 Å². The Labute approximate surface area is 215 Å². The van der Waals surface area contributed by atoms with E-state index in [0.717, 1.165) is 23.0 Å². The third-order valence-electron chi connectivity index (χ3n) is 6.03. The van der Waals surface area contributed by atoms with Crippen molar-refractivity contribution in [2.45, 2.75) is 30.0 Å². The second kappa shape index (κ2) is 9.71. The average molecular weight is 558 g/mol. The summed E-state index contributed by atoms with van der Waals surface area (Å²) in [7, 11) is 0. The molecule has 0 bridgehead atoms.